The third-order valence-electron chi connectivity index (χ3n) is 3.34. The minimum absolute atomic E-state index is 0.550. The summed E-state index contributed by atoms with van der Waals surface area (Å²) in [5.41, 5.74) is 2.67. The highest BCUT2D eigenvalue weighted by Crippen LogP contribution is 2.31. The van der Waals surface area contributed by atoms with Crippen LogP contribution in [0, 0.1) is 0 Å². The first-order chi connectivity index (χ1) is 8.84. The van der Waals surface area contributed by atoms with Crippen LogP contribution in [-0.4, -0.2) is 11.5 Å². The molecule has 0 saturated heterocycles. The van der Waals surface area contributed by atoms with Gasteiger partial charge in [0.05, 0.1) is 0 Å². The molecule has 0 atom stereocenters. The summed E-state index contributed by atoms with van der Waals surface area (Å²) in [5, 5.41) is 0.550. The predicted octanol–water partition coefficient (Wildman–Crippen LogP) is 4.21. The van der Waals surface area contributed by atoms with Crippen LogP contribution in [-0.2, 0) is 6.42 Å². The number of hydrogen-bond donors (Lipinski definition) is 0. The van der Waals surface area contributed by atoms with Crippen LogP contribution in [0.5, 0.6) is 0 Å². The summed E-state index contributed by atoms with van der Waals surface area (Å²) in [4.78, 5) is 6.70. The van der Waals surface area contributed by atoms with Gasteiger partial charge in [-0.3, -0.25) is 0 Å². The number of nitrogens with zero attached hydrogens (tertiary/aromatic N) is 2. The van der Waals surface area contributed by atoms with Gasteiger partial charge < -0.3 is 4.90 Å². The Morgan fingerprint density at radius 3 is 2.78 bits per heavy atom. The van der Waals surface area contributed by atoms with Crippen molar-refractivity contribution in [3.8, 4) is 0 Å². The molecule has 0 radical (unpaired) electrons. The molecule has 1 aliphatic heterocycles. The third kappa shape index (κ3) is 2.21. The van der Waals surface area contributed by atoms with E-state index < -0.39 is 0 Å². The Morgan fingerprint density at radius 2 is 1.89 bits per heavy atom. The topological polar surface area (TPSA) is 16.1 Å². The number of aryl methyl sites for hydroxylation is 1. The van der Waals surface area contributed by atoms with Gasteiger partial charge in [-0.2, -0.15) is 0 Å². The molecule has 1 aliphatic rings. The van der Waals surface area contributed by atoms with E-state index in [0.717, 1.165) is 18.8 Å². The standard InChI is InChI=1S/C15H15ClN2/c16-14-9-5-10-15(17-14)18-11-4-3-7-12-6-1-2-8-13(12)18/h1-2,5-6,8-10H,3-4,7,11H2. The lowest BCUT2D eigenvalue weighted by Crippen LogP contribution is -2.19. The Morgan fingerprint density at radius 1 is 1.00 bits per heavy atom. The van der Waals surface area contributed by atoms with Crippen molar-refractivity contribution in [1.29, 1.82) is 0 Å². The maximum Gasteiger partial charge on any atom is 0.134 e. The van der Waals surface area contributed by atoms with Crippen LogP contribution >= 0.6 is 11.6 Å². The van der Waals surface area contributed by atoms with E-state index in [1.54, 1.807) is 0 Å². The Balaban J connectivity index is 2.06. The Hall–Kier alpha value is -1.54. The van der Waals surface area contributed by atoms with E-state index in [-0.39, 0.29) is 0 Å². The molecule has 0 amide bonds. The third-order valence-corrected chi connectivity index (χ3v) is 3.55. The number of para-hydroxylation sites is 1. The average molecular weight is 259 g/mol. The zero-order valence-corrected chi connectivity index (χ0v) is 10.9. The lowest BCUT2D eigenvalue weighted by Gasteiger charge is -2.23. The molecule has 0 aliphatic carbocycles. The maximum atomic E-state index is 5.99. The number of fused-ring (bicyclic) bond motifs is 1. The van der Waals surface area contributed by atoms with Crippen LogP contribution in [0.1, 0.15) is 18.4 Å². The molecule has 0 saturated carbocycles. The Kier molecular flexibility index (Phi) is 3.20. The number of aromatic nitrogens is 1. The number of benzene rings is 1. The van der Waals surface area contributed by atoms with Crippen molar-refractivity contribution in [2.24, 2.45) is 0 Å². The van der Waals surface area contributed by atoms with Crippen molar-refractivity contribution in [2.75, 3.05) is 11.4 Å². The van der Waals surface area contributed by atoms with Crippen molar-refractivity contribution >= 4 is 23.1 Å². The van der Waals surface area contributed by atoms with Crippen LogP contribution in [0.2, 0.25) is 5.15 Å². The fourth-order valence-corrected chi connectivity index (χ4v) is 2.64. The van der Waals surface area contributed by atoms with Crippen molar-refractivity contribution in [1.82, 2.24) is 4.98 Å². The highest BCUT2D eigenvalue weighted by Gasteiger charge is 2.17. The molecule has 0 unspecified atom stereocenters. The van der Waals surface area contributed by atoms with E-state index in [1.165, 1.54) is 24.1 Å². The average Bonchev–Trinajstić information content (AvgIpc) is 2.61. The van der Waals surface area contributed by atoms with E-state index in [9.17, 15) is 0 Å². The molecule has 0 bridgehead atoms. The van der Waals surface area contributed by atoms with Gasteiger partial charge in [-0.1, -0.05) is 35.9 Å². The summed E-state index contributed by atoms with van der Waals surface area (Å²) >= 11 is 5.99. The number of rotatable bonds is 1. The second-order valence-electron chi connectivity index (χ2n) is 4.56. The normalized spacial score (nSPS) is 15.1. The van der Waals surface area contributed by atoms with E-state index in [0.29, 0.717) is 5.15 Å². The molecule has 1 aromatic carbocycles. The minimum atomic E-state index is 0.550. The van der Waals surface area contributed by atoms with Crippen molar-refractivity contribution in [3.05, 3.63) is 53.2 Å². The van der Waals surface area contributed by atoms with E-state index in [4.69, 9.17) is 11.6 Å². The van der Waals surface area contributed by atoms with E-state index in [2.05, 4.69) is 34.1 Å². The van der Waals surface area contributed by atoms with Crippen LogP contribution < -0.4 is 4.90 Å². The number of anilines is 2. The molecule has 3 rings (SSSR count). The quantitative estimate of drug-likeness (QED) is 0.713. The molecule has 0 fully saturated rings. The molecule has 92 valence electrons. The molecule has 2 heterocycles. The predicted molar refractivity (Wildman–Crippen MR) is 75.6 cm³/mol. The molecular weight excluding hydrogens is 244 g/mol. The van der Waals surface area contributed by atoms with Gasteiger partial charge in [-0.15, -0.1) is 0 Å². The first-order valence-electron chi connectivity index (χ1n) is 6.32. The van der Waals surface area contributed by atoms with Gasteiger partial charge in [0, 0.05) is 12.2 Å². The van der Waals surface area contributed by atoms with Gasteiger partial charge in [-0.25, -0.2) is 4.98 Å². The Labute approximate surface area is 112 Å². The second-order valence-corrected chi connectivity index (χ2v) is 4.94. The molecule has 0 spiro atoms. The SMILES string of the molecule is Clc1cccc(N2CCCCc3ccccc32)n1. The summed E-state index contributed by atoms with van der Waals surface area (Å²) in [6, 6.07) is 14.4. The lowest BCUT2D eigenvalue weighted by atomic mass is 10.1. The first kappa shape index (κ1) is 11.5. The van der Waals surface area contributed by atoms with E-state index >= 15 is 0 Å². The highest BCUT2D eigenvalue weighted by atomic mass is 35.5. The fraction of sp³-hybridized carbons (Fsp3) is 0.267. The summed E-state index contributed by atoms with van der Waals surface area (Å²) < 4.78 is 0. The molecular formula is C15H15ClN2. The fourth-order valence-electron chi connectivity index (χ4n) is 2.48. The van der Waals surface area contributed by atoms with Gasteiger partial charge >= 0.3 is 0 Å². The van der Waals surface area contributed by atoms with Crippen molar-refractivity contribution < 1.29 is 0 Å². The minimum Gasteiger partial charge on any atom is -0.326 e. The molecule has 0 N–H and O–H groups in total. The maximum absolute atomic E-state index is 5.99. The number of hydrogen-bond acceptors (Lipinski definition) is 2. The van der Waals surface area contributed by atoms with Crippen molar-refractivity contribution in [2.45, 2.75) is 19.3 Å². The van der Waals surface area contributed by atoms with Crippen LogP contribution in [0.15, 0.2) is 42.5 Å². The summed E-state index contributed by atoms with van der Waals surface area (Å²) in [7, 11) is 0. The summed E-state index contributed by atoms with van der Waals surface area (Å²) in [6.07, 6.45) is 3.56. The summed E-state index contributed by atoms with van der Waals surface area (Å²) in [6.45, 7) is 1.00. The molecule has 1 aromatic heterocycles. The van der Waals surface area contributed by atoms with Gasteiger partial charge in [0.1, 0.15) is 11.0 Å². The first-order valence-corrected chi connectivity index (χ1v) is 6.70. The number of halogens is 1. The smallest absolute Gasteiger partial charge is 0.134 e. The highest BCUT2D eigenvalue weighted by molar-refractivity contribution is 6.29. The lowest BCUT2D eigenvalue weighted by molar-refractivity contribution is 0.758. The van der Waals surface area contributed by atoms with Gasteiger partial charge in [-0.05, 0) is 43.0 Å². The monoisotopic (exact) mass is 258 g/mol. The van der Waals surface area contributed by atoms with Gasteiger partial charge in [0.15, 0.2) is 0 Å². The van der Waals surface area contributed by atoms with E-state index in [1.807, 2.05) is 18.2 Å². The van der Waals surface area contributed by atoms with Gasteiger partial charge in [0.2, 0.25) is 0 Å². The van der Waals surface area contributed by atoms with Crippen molar-refractivity contribution in [3.63, 3.8) is 0 Å². The zero-order valence-electron chi connectivity index (χ0n) is 10.1. The van der Waals surface area contributed by atoms with Crippen LogP contribution in [0.4, 0.5) is 11.5 Å². The zero-order chi connectivity index (χ0) is 12.4. The molecule has 2 nitrogen and oxygen atoms in total. The number of pyridine rings is 1. The molecule has 3 heteroatoms. The molecule has 2 aromatic rings. The summed E-state index contributed by atoms with van der Waals surface area (Å²) in [5.74, 6) is 0.942. The van der Waals surface area contributed by atoms with Crippen LogP contribution in [0.3, 0.4) is 0 Å². The Bertz CT molecular complexity index is 554. The largest absolute Gasteiger partial charge is 0.326 e. The second kappa shape index (κ2) is 4.99. The molecule has 18 heavy (non-hydrogen) atoms. The van der Waals surface area contributed by atoms with Crippen LogP contribution in [0.25, 0.3) is 0 Å². The van der Waals surface area contributed by atoms with Gasteiger partial charge in [0.25, 0.3) is 0 Å².